The summed E-state index contributed by atoms with van der Waals surface area (Å²) in [5.74, 6) is -0.518. The SMILES string of the molecule is CC=Cc1ccc(-c2ccc(CCC3CCC(c4ccc(OCC)cc4F)CC3)c(F)c2F)cc1. The molecule has 4 heteroatoms. The minimum atomic E-state index is -0.782. The fraction of sp³-hybridized carbons (Fsp3) is 0.355. The molecular weight excluding hydrogens is 445 g/mol. The maximum Gasteiger partial charge on any atom is 0.166 e. The normalized spacial score (nSPS) is 18.2. The molecule has 0 spiro atoms. The Kier molecular flexibility index (Phi) is 8.33. The Morgan fingerprint density at radius 1 is 0.886 bits per heavy atom. The van der Waals surface area contributed by atoms with Gasteiger partial charge in [0.05, 0.1) is 6.61 Å². The molecule has 3 aromatic rings. The molecule has 4 rings (SSSR count). The largest absolute Gasteiger partial charge is 0.494 e. The van der Waals surface area contributed by atoms with Crippen molar-refractivity contribution in [1.82, 2.24) is 0 Å². The molecule has 3 aromatic carbocycles. The fourth-order valence-electron chi connectivity index (χ4n) is 5.19. The van der Waals surface area contributed by atoms with Crippen molar-refractivity contribution < 1.29 is 17.9 Å². The van der Waals surface area contributed by atoms with Gasteiger partial charge in [0.25, 0.3) is 0 Å². The Morgan fingerprint density at radius 2 is 1.63 bits per heavy atom. The van der Waals surface area contributed by atoms with Crippen LogP contribution in [0.1, 0.15) is 68.6 Å². The maximum absolute atomic E-state index is 14.9. The third kappa shape index (κ3) is 5.98. The van der Waals surface area contributed by atoms with Gasteiger partial charge in [-0.15, -0.1) is 0 Å². The number of rotatable bonds is 8. The molecular formula is C31H33F3O. The molecule has 0 amide bonds. The zero-order valence-electron chi connectivity index (χ0n) is 20.5. The number of ether oxygens (including phenoxy) is 1. The molecule has 1 fully saturated rings. The van der Waals surface area contributed by atoms with E-state index in [4.69, 9.17) is 4.74 Å². The molecule has 0 unspecified atom stereocenters. The van der Waals surface area contributed by atoms with Gasteiger partial charge in [-0.1, -0.05) is 54.6 Å². The van der Waals surface area contributed by atoms with Crippen molar-refractivity contribution in [2.45, 2.75) is 58.3 Å². The molecule has 0 aliphatic heterocycles. The fourth-order valence-corrected chi connectivity index (χ4v) is 5.19. The number of benzene rings is 3. The summed E-state index contributed by atoms with van der Waals surface area (Å²) in [5, 5.41) is 0. The van der Waals surface area contributed by atoms with Gasteiger partial charge in [-0.3, -0.25) is 0 Å². The van der Waals surface area contributed by atoms with Gasteiger partial charge >= 0.3 is 0 Å². The first-order valence-corrected chi connectivity index (χ1v) is 12.6. The van der Waals surface area contributed by atoms with Crippen LogP contribution in [0.5, 0.6) is 5.75 Å². The van der Waals surface area contributed by atoms with Crippen molar-refractivity contribution in [3.05, 3.63) is 94.8 Å². The summed E-state index contributed by atoms with van der Waals surface area (Å²) in [5.41, 5.74) is 3.16. The summed E-state index contributed by atoms with van der Waals surface area (Å²) < 4.78 is 49.7. The molecule has 0 saturated heterocycles. The second-order valence-electron chi connectivity index (χ2n) is 9.39. The van der Waals surface area contributed by atoms with Gasteiger partial charge in [-0.25, -0.2) is 13.2 Å². The Morgan fingerprint density at radius 3 is 2.29 bits per heavy atom. The average molecular weight is 479 g/mol. The van der Waals surface area contributed by atoms with E-state index in [-0.39, 0.29) is 17.3 Å². The molecule has 0 bridgehead atoms. The summed E-state index contributed by atoms with van der Waals surface area (Å²) >= 11 is 0. The van der Waals surface area contributed by atoms with Gasteiger partial charge in [0.2, 0.25) is 0 Å². The first kappa shape index (κ1) is 25.1. The predicted molar refractivity (Wildman–Crippen MR) is 137 cm³/mol. The average Bonchev–Trinajstić information content (AvgIpc) is 2.87. The van der Waals surface area contributed by atoms with Crippen LogP contribution in [0.25, 0.3) is 17.2 Å². The van der Waals surface area contributed by atoms with Crippen LogP contribution in [0.15, 0.2) is 60.7 Å². The number of allylic oxidation sites excluding steroid dienone is 1. The third-order valence-electron chi connectivity index (χ3n) is 7.13. The lowest BCUT2D eigenvalue weighted by atomic mass is 9.76. The van der Waals surface area contributed by atoms with E-state index in [0.29, 0.717) is 35.8 Å². The summed E-state index contributed by atoms with van der Waals surface area (Å²) in [6, 6.07) is 16.0. The van der Waals surface area contributed by atoms with Gasteiger partial charge in [0.1, 0.15) is 11.6 Å². The second kappa shape index (κ2) is 11.6. The molecule has 1 aliphatic rings. The van der Waals surface area contributed by atoms with E-state index in [2.05, 4.69) is 0 Å². The van der Waals surface area contributed by atoms with Crippen molar-refractivity contribution in [3.63, 3.8) is 0 Å². The summed E-state index contributed by atoms with van der Waals surface area (Å²) in [4.78, 5) is 0. The minimum absolute atomic E-state index is 0.200. The van der Waals surface area contributed by atoms with E-state index in [0.717, 1.165) is 43.2 Å². The second-order valence-corrected chi connectivity index (χ2v) is 9.39. The van der Waals surface area contributed by atoms with Crippen LogP contribution in [0.3, 0.4) is 0 Å². The van der Waals surface area contributed by atoms with Gasteiger partial charge in [-0.05, 0) is 92.5 Å². The molecule has 184 valence electrons. The standard InChI is InChI=1S/C31H33F3O/c1-3-5-21-6-13-24(14-7-21)28-18-16-25(30(33)31(28)34)15-10-22-8-11-23(12-9-22)27-19-17-26(35-4-2)20-29(27)32/h3,5-7,13-14,16-20,22-23H,4,8-12,15H2,1-2H3. The lowest BCUT2D eigenvalue weighted by Gasteiger charge is -2.29. The zero-order chi connectivity index (χ0) is 24.8. The van der Waals surface area contributed by atoms with Crippen molar-refractivity contribution in [2.75, 3.05) is 6.61 Å². The summed E-state index contributed by atoms with van der Waals surface area (Å²) in [6.45, 7) is 4.34. The molecule has 35 heavy (non-hydrogen) atoms. The van der Waals surface area contributed by atoms with E-state index in [1.54, 1.807) is 12.1 Å². The molecule has 1 aliphatic carbocycles. The van der Waals surface area contributed by atoms with E-state index >= 15 is 0 Å². The highest BCUT2D eigenvalue weighted by Crippen LogP contribution is 2.39. The summed E-state index contributed by atoms with van der Waals surface area (Å²) in [7, 11) is 0. The molecule has 0 aromatic heterocycles. The van der Waals surface area contributed by atoms with E-state index < -0.39 is 11.6 Å². The lowest BCUT2D eigenvalue weighted by Crippen LogP contribution is -2.15. The highest BCUT2D eigenvalue weighted by atomic mass is 19.2. The summed E-state index contributed by atoms with van der Waals surface area (Å²) in [6.07, 6.45) is 8.99. The quantitative estimate of drug-likeness (QED) is 0.314. The molecule has 0 radical (unpaired) electrons. The van der Waals surface area contributed by atoms with Crippen LogP contribution >= 0.6 is 0 Å². The van der Waals surface area contributed by atoms with Crippen LogP contribution < -0.4 is 4.74 Å². The number of hydrogen-bond donors (Lipinski definition) is 0. The van der Waals surface area contributed by atoms with Crippen molar-refractivity contribution in [2.24, 2.45) is 5.92 Å². The number of aryl methyl sites for hydroxylation is 1. The molecule has 1 nitrogen and oxygen atoms in total. The third-order valence-corrected chi connectivity index (χ3v) is 7.13. The van der Waals surface area contributed by atoms with Crippen LogP contribution in [-0.4, -0.2) is 6.61 Å². The Hall–Kier alpha value is -3.01. The lowest BCUT2D eigenvalue weighted by molar-refractivity contribution is 0.304. The Bertz CT molecular complexity index is 1160. The number of hydrogen-bond acceptors (Lipinski definition) is 1. The molecule has 0 heterocycles. The van der Waals surface area contributed by atoms with E-state index in [1.165, 1.54) is 6.07 Å². The van der Waals surface area contributed by atoms with E-state index in [1.807, 2.05) is 62.4 Å². The van der Waals surface area contributed by atoms with Gasteiger partial charge in [0, 0.05) is 11.6 Å². The minimum Gasteiger partial charge on any atom is -0.494 e. The van der Waals surface area contributed by atoms with Crippen LogP contribution in [0.2, 0.25) is 0 Å². The van der Waals surface area contributed by atoms with Gasteiger partial charge in [-0.2, -0.15) is 0 Å². The zero-order valence-corrected chi connectivity index (χ0v) is 20.5. The van der Waals surface area contributed by atoms with Crippen LogP contribution in [0, 0.1) is 23.4 Å². The highest BCUT2D eigenvalue weighted by molar-refractivity contribution is 5.66. The van der Waals surface area contributed by atoms with E-state index in [9.17, 15) is 13.2 Å². The Balaban J connectivity index is 1.34. The molecule has 0 N–H and O–H groups in total. The number of halogens is 3. The monoisotopic (exact) mass is 478 g/mol. The molecule has 1 saturated carbocycles. The first-order chi connectivity index (χ1) is 17.0. The van der Waals surface area contributed by atoms with Crippen LogP contribution in [-0.2, 0) is 6.42 Å². The van der Waals surface area contributed by atoms with Gasteiger partial charge in [0.15, 0.2) is 11.6 Å². The highest BCUT2D eigenvalue weighted by Gasteiger charge is 2.25. The smallest absolute Gasteiger partial charge is 0.166 e. The van der Waals surface area contributed by atoms with Crippen molar-refractivity contribution >= 4 is 6.08 Å². The first-order valence-electron chi connectivity index (χ1n) is 12.6. The molecule has 0 atom stereocenters. The predicted octanol–water partition coefficient (Wildman–Crippen LogP) is 9.11. The van der Waals surface area contributed by atoms with Gasteiger partial charge < -0.3 is 4.74 Å². The van der Waals surface area contributed by atoms with Crippen LogP contribution in [0.4, 0.5) is 13.2 Å². The maximum atomic E-state index is 14.9. The Labute approximate surface area is 206 Å². The topological polar surface area (TPSA) is 9.23 Å². The van der Waals surface area contributed by atoms with Crippen molar-refractivity contribution in [1.29, 1.82) is 0 Å². The van der Waals surface area contributed by atoms with Crippen molar-refractivity contribution in [3.8, 4) is 16.9 Å².